The van der Waals surface area contributed by atoms with Crippen LogP contribution >= 0.6 is 0 Å². The summed E-state index contributed by atoms with van der Waals surface area (Å²) in [6.07, 6.45) is 2.19. The smallest absolute Gasteiger partial charge is 0.238 e. The lowest BCUT2D eigenvalue weighted by Gasteiger charge is -2.20. The van der Waals surface area contributed by atoms with Crippen molar-refractivity contribution >= 4 is 17.3 Å². The van der Waals surface area contributed by atoms with Crippen LogP contribution in [0.2, 0.25) is 0 Å². The Bertz CT molecular complexity index is 475. The number of carbonyl (C=O) groups excluding carboxylic acids is 1. The van der Waals surface area contributed by atoms with Gasteiger partial charge in [-0.2, -0.15) is 0 Å². The third kappa shape index (κ3) is 3.85. The number of anilines is 2. The van der Waals surface area contributed by atoms with Gasteiger partial charge in [-0.05, 0) is 25.0 Å². The van der Waals surface area contributed by atoms with Gasteiger partial charge < -0.3 is 20.9 Å². The van der Waals surface area contributed by atoms with Crippen LogP contribution in [-0.4, -0.2) is 48.8 Å². The number of carbonyl (C=O) groups is 1. The van der Waals surface area contributed by atoms with E-state index < -0.39 is 0 Å². The third-order valence-corrected chi connectivity index (χ3v) is 3.33. The van der Waals surface area contributed by atoms with Crippen LogP contribution in [0.1, 0.15) is 12.8 Å². The molecule has 0 radical (unpaired) electrons. The van der Waals surface area contributed by atoms with E-state index in [4.69, 9.17) is 15.6 Å². The van der Waals surface area contributed by atoms with Gasteiger partial charge in [0.25, 0.3) is 0 Å². The largest absolute Gasteiger partial charge is 0.497 e. The fourth-order valence-electron chi connectivity index (χ4n) is 2.11. The maximum Gasteiger partial charge on any atom is 0.238 e. The van der Waals surface area contributed by atoms with Crippen LogP contribution < -0.4 is 15.8 Å². The molecule has 0 spiro atoms. The average Bonchev–Trinajstić information content (AvgIpc) is 3.25. The predicted molar refractivity (Wildman–Crippen MR) is 77.7 cm³/mol. The quantitative estimate of drug-likeness (QED) is 0.639. The first kappa shape index (κ1) is 14.6. The molecule has 6 nitrogen and oxygen atoms in total. The molecule has 1 amide bonds. The first-order valence-electron chi connectivity index (χ1n) is 6.72. The first-order chi connectivity index (χ1) is 9.63. The molecule has 20 heavy (non-hydrogen) atoms. The molecule has 1 aromatic carbocycles. The number of nitrogen functional groups attached to an aromatic ring is 1. The van der Waals surface area contributed by atoms with Crippen LogP contribution in [0, 0.1) is 0 Å². The molecule has 0 aliphatic heterocycles. The van der Waals surface area contributed by atoms with E-state index in [0.29, 0.717) is 29.7 Å². The van der Waals surface area contributed by atoms with Crippen LogP contribution in [0.25, 0.3) is 0 Å². The summed E-state index contributed by atoms with van der Waals surface area (Å²) in [4.78, 5) is 14.0. The van der Waals surface area contributed by atoms with Crippen LogP contribution in [0.4, 0.5) is 11.4 Å². The summed E-state index contributed by atoms with van der Waals surface area (Å²) in [5.74, 6) is 0.530. The molecule has 6 heteroatoms. The summed E-state index contributed by atoms with van der Waals surface area (Å²) in [6.45, 7) is 0.862. The van der Waals surface area contributed by atoms with Crippen molar-refractivity contribution in [2.24, 2.45) is 0 Å². The maximum atomic E-state index is 12.0. The second kappa shape index (κ2) is 6.58. The highest BCUT2D eigenvalue weighted by molar-refractivity contribution is 5.95. The summed E-state index contributed by atoms with van der Waals surface area (Å²) >= 11 is 0. The van der Waals surface area contributed by atoms with E-state index in [9.17, 15) is 4.79 Å². The highest BCUT2D eigenvalue weighted by Crippen LogP contribution is 2.27. The zero-order chi connectivity index (χ0) is 14.5. The maximum absolute atomic E-state index is 12.0. The van der Waals surface area contributed by atoms with Crippen molar-refractivity contribution in [3.8, 4) is 5.75 Å². The van der Waals surface area contributed by atoms with Crippen LogP contribution in [0.15, 0.2) is 18.2 Å². The number of hydrogen-bond donors (Lipinski definition) is 3. The number of aliphatic hydroxyl groups excluding tert-OH is 1. The second-order valence-corrected chi connectivity index (χ2v) is 4.93. The number of nitrogens with one attached hydrogen (secondary N) is 1. The first-order valence-corrected chi connectivity index (χ1v) is 6.72. The molecule has 0 unspecified atom stereocenters. The SMILES string of the molecule is COc1ccc(NC(=O)CN(CCO)C2CC2)c(N)c1. The molecule has 1 aromatic rings. The molecule has 0 saturated heterocycles. The molecule has 1 aliphatic rings. The lowest BCUT2D eigenvalue weighted by atomic mass is 10.2. The van der Waals surface area contributed by atoms with Gasteiger partial charge in [-0.15, -0.1) is 0 Å². The molecule has 0 bridgehead atoms. The third-order valence-electron chi connectivity index (χ3n) is 3.33. The van der Waals surface area contributed by atoms with E-state index in [1.807, 2.05) is 4.90 Å². The van der Waals surface area contributed by atoms with E-state index >= 15 is 0 Å². The Balaban J connectivity index is 1.93. The van der Waals surface area contributed by atoms with E-state index in [2.05, 4.69) is 5.32 Å². The molecule has 1 aliphatic carbocycles. The lowest BCUT2D eigenvalue weighted by molar-refractivity contribution is -0.117. The van der Waals surface area contributed by atoms with E-state index in [1.54, 1.807) is 25.3 Å². The number of nitrogens with zero attached hydrogens (tertiary/aromatic N) is 1. The molecular weight excluding hydrogens is 258 g/mol. The van der Waals surface area contributed by atoms with Gasteiger partial charge in [0, 0.05) is 18.7 Å². The van der Waals surface area contributed by atoms with Gasteiger partial charge in [-0.3, -0.25) is 9.69 Å². The summed E-state index contributed by atoms with van der Waals surface area (Å²) in [7, 11) is 1.56. The van der Waals surface area contributed by atoms with Crippen molar-refractivity contribution in [2.75, 3.05) is 37.9 Å². The number of hydrogen-bond acceptors (Lipinski definition) is 5. The summed E-state index contributed by atoms with van der Waals surface area (Å²) in [5.41, 5.74) is 6.91. The molecule has 2 rings (SSSR count). The van der Waals surface area contributed by atoms with Gasteiger partial charge >= 0.3 is 0 Å². The summed E-state index contributed by atoms with van der Waals surface area (Å²) < 4.78 is 5.06. The molecule has 1 saturated carbocycles. The number of ether oxygens (including phenoxy) is 1. The Morgan fingerprint density at radius 3 is 2.85 bits per heavy atom. The molecule has 0 atom stereocenters. The van der Waals surface area contributed by atoms with Crippen molar-refractivity contribution < 1.29 is 14.6 Å². The van der Waals surface area contributed by atoms with Gasteiger partial charge in [-0.25, -0.2) is 0 Å². The van der Waals surface area contributed by atoms with Gasteiger partial charge in [-0.1, -0.05) is 0 Å². The second-order valence-electron chi connectivity index (χ2n) is 4.93. The van der Waals surface area contributed by atoms with Crippen molar-refractivity contribution in [3.63, 3.8) is 0 Å². The van der Waals surface area contributed by atoms with Gasteiger partial charge in [0.15, 0.2) is 0 Å². The predicted octanol–water partition coefficient (Wildman–Crippen LogP) is 0.673. The number of methoxy groups -OCH3 is 1. The van der Waals surface area contributed by atoms with Crippen molar-refractivity contribution in [1.29, 1.82) is 0 Å². The monoisotopic (exact) mass is 279 g/mol. The molecule has 0 heterocycles. The summed E-state index contributed by atoms with van der Waals surface area (Å²) in [5, 5.41) is 11.8. The van der Waals surface area contributed by atoms with Crippen LogP contribution in [0.3, 0.4) is 0 Å². The average molecular weight is 279 g/mol. The lowest BCUT2D eigenvalue weighted by Crippen LogP contribution is -2.36. The van der Waals surface area contributed by atoms with Crippen molar-refractivity contribution in [2.45, 2.75) is 18.9 Å². The van der Waals surface area contributed by atoms with Gasteiger partial charge in [0.2, 0.25) is 5.91 Å². The minimum atomic E-state index is -0.123. The standard InChI is InChI=1S/C14H21N3O3/c1-20-11-4-5-13(12(15)8-11)16-14(19)9-17(6-7-18)10-2-3-10/h4-5,8,10,18H,2-3,6-7,9,15H2,1H3,(H,16,19). The molecule has 0 aromatic heterocycles. The van der Waals surface area contributed by atoms with E-state index in [1.165, 1.54) is 0 Å². The highest BCUT2D eigenvalue weighted by atomic mass is 16.5. The minimum absolute atomic E-state index is 0.0639. The zero-order valence-electron chi connectivity index (χ0n) is 11.6. The van der Waals surface area contributed by atoms with Crippen molar-refractivity contribution in [1.82, 2.24) is 4.90 Å². The number of benzene rings is 1. The molecule has 1 fully saturated rings. The van der Waals surface area contributed by atoms with E-state index in [-0.39, 0.29) is 19.1 Å². The van der Waals surface area contributed by atoms with Gasteiger partial charge in [0.05, 0.1) is 31.6 Å². The number of amides is 1. The number of nitrogens with two attached hydrogens (primary N) is 1. The fourth-order valence-corrected chi connectivity index (χ4v) is 2.11. The minimum Gasteiger partial charge on any atom is -0.497 e. The number of rotatable bonds is 7. The molecule has 4 N–H and O–H groups in total. The summed E-state index contributed by atoms with van der Waals surface area (Å²) in [6, 6.07) is 5.57. The fraction of sp³-hybridized carbons (Fsp3) is 0.500. The van der Waals surface area contributed by atoms with Crippen molar-refractivity contribution in [3.05, 3.63) is 18.2 Å². The topological polar surface area (TPSA) is 87.8 Å². The zero-order valence-corrected chi connectivity index (χ0v) is 11.6. The highest BCUT2D eigenvalue weighted by Gasteiger charge is 2.29. The Morgan fingerprint density at radius 1 is 1.55 bits per heavy atom. The van der Waals surface area contributed by atoms with Crippen LogP contribution in [-0.2, 0) is 4.79 Å². The Morgan fingerprint density at radius 2 is 2.30 bits per heavy atom. The molecular formula is C14H21N3O3. The Kier molecular flexibility index (Phi) is 4.81. The molecule has 110 valence electrons. The van der Waals surface area contributed by atoms with Crippen LogP contribution in [0.5, 0.6) is 5.75 Å². The normalized spacial score (nSPS) is 14.3. The van der Waals surface area contributed by atoms with E-state index in [0.717, 1.165) is 12.8 Å². The Hall–Kier alpha value is -1.79. The van der Waals surface area contributed by atoms with Gasteiger partial charge in [0.1, 0.15) is 5.75 Å². The Labute approximate surface area is 118 Å². The number of aliphatic hydroxyl groups is 1.